The second-order valence-corrected chi connectivity index (χ2v) is 8.34. The molecule has 2 aromatic carbocycles. The van der Waals surface area contributed by atoms with E-state index in [1.807, 2.05) is 76.2 Å². The molecule has 0 radical (unpaired) electrons. The van der Waals surface area contributed by atoms with Gasteiger partial charge >= 0.3 is 0 Å². The van der Waals surface area contributed by atoms with Crippen LogP contribution in [0.5, 0.6) is 5.75 Å². The first-order valence-electron chi connectivity index (χ1n) is 9.15. The van der Waals surface area contributed by atoms with E-state index in [0.29, 0.717) is 5.84 Å². The molecule has 0 bridgehead atoms. The van der Waals surface area contributed by atoms with Gasteiger partial charge < -0.3 is 15.3 Å². The third-order valence-electron chi connectivity index (χ3n) is 4.56. The van der Waals surface area contributed by atoms with Gasteiger partial charge in [0.25, 0.3) is 5.24 Å². The molecule has 5 nitrogen and oxygen atoms in total. The number of nitrogens with one attached hydrogen (secondary N) is 1. The zero-order valence-electron chi connectivity index (χ0n) is 16.8. The molecule has 0 unspecified atom stereocenters. The number of phenolic OH excluding ortho intramolecular Hbond substituents is 1. The number of thioether (sulfide) groups is 1. The van der Waals surface area contributed by atoms with Crippen molar-refractivity contribution in [3.05, 3.63) is 58.0 Å². The Morgan fingerprint density at radius 3 is 2.46 bits per heavy atom. The molecule has 1 fully saturated rings. The summed E-state index contributed by atoms with van der Waals surface area (Å²) in [5.41, 5.74) is 4.56. The fourth-order valence-electron chi connectivity index (χ4n) is 2.93. The Kier molecular flexibility index (Phi) is 5.79. The maximum atomic E-state index is 12.0. The summed E-state index contributed by atoms with van der Waals surface area (Å²) in [6.07, 6.45) is 1.96. The van der Waals surface area contributed by atoms with Crippen molar-refractivity contribution in [3.63, 3.8) is 0 Å². The third-order valence-corrected chi connectivity index (χ3v) is 5.38. The SMILES string of the molecule is Cc1cc(O)c(C(C)C)cc1N=C1NC(=O)S/C1=C\c1ccc(N(C)C)cc1. The zero-order chi connectivity index (χ0) is 20.4. The van der Waals surface area contributed by atoms with Crippen molar-refractivity contribution < 1.29 is 9.90 Å². The number of anilines is 1. The van der Waals surface area contributed by atoms with Crippen LogP contribution in [0.3, 0.4) is 0 Å². The minimum absolute atomic E-state index is 0.143. The summed E-state index contributed by atoms with van der Waals surface area (Å²) in [6, 6.07) is 11.7. The van der Waals surface area contributed by atoms with Crippen molar-refractivity contribution in [2.45, 2.75) is 26.7 Å². The maximum absolute atomic E-state index is 12.0. The van der Waals surface area contributed by atoms with Crippen LogP contribution in [-0.4, -0.2) is 30.3 Å². The average Bonchev–Trinajstić information content (AvgIpc) is 2.96. The van der Waals surface area contributed by atoms with Crippen LogP contribution in [0.2, 0.25) is 0 Å². The van der Waals surface area contributed by atoms with Crippen molar-refractivity contribution >= 4 is 40.3 Å². The number of amidine groups is 1. The molecule has 1 aliphatic rings. The molecule has 1 saturated heterocycles. The average molecular weight is 396 g/mol. The van der Waals surface area contributed by atoms with Gasteiger partial charge in [-0.15, -0.1) is 0 Å². The lowest BCUT2D eigenvalue weighted by Gasteiger charge is -2.12. The number of rotatable bonds is 4. The molecule has 6 heteroatoms. The molecule has 2 N–H and O–H groups in total. The lowest BCUT2D eigenvalue weighted by atomic mass is 9.99. The molecule has 1 aliphatic heterocycles. The predicted octanol–water partition coefficient (Wildman–Crippen LogP) is 5.42. The number of aliphatic imine (C=N–C) groups is 1. The topological polar surface area (TPSA) is 64.9 Å². The van der Waals surface area contributed by atoms with E-state index >= 15 is 0 Å². The summed E-state index contributed by atoms with van der Waals surface area (Å²) in [7, 11) is 4.00. The number of carbonyl (C=O) groups excluding carboxylic acids is 1. The van der Waals surface area contributed by atoms with E-state index in [-0.39, 0.29) is 16.9 Å². The molecule has 0 aromatic heterocycles. The van der Waals surface area contributed by atoms with Gasteiger partial charge in [0.15, 0.2) is 0 Å². The van der Waals surface area contributed by atoms with Gasteiger partial charge in [-0.1, -0.05) is 26.0 Å². The lowest BCUT2D eigenvalue weighted by Crippen LogP contribution is -2.18. The molecule has 1 amide bonds. The fraction of sp³-hybridized carbons (Fsp3) is 0.273. The maximum Gasteiger partial charge on any atom is 0.289 e. The van der Waals surface area contributed by atoms with Crippen LogP contribution < -0.4 is 10.2 Å². The van der Waals surface area contributed by atoms with Gasteiger partial charge in [0, 0.05) is 19.8 Å². The second kappa shape index (κ2) is 8.10. The Labute approximate surface area is 170 Å². The number of nitrogens with zero attached hydrogens (tertiary/aromatic N) is 2. The number of benzene rings is 2. The quantitative estimate of drug-likeness (QED) is 0.726. The van der Waals surface area contributed by atoms with Crippen LogP contribution >= 0.6 is 11.8 Å². The molecule has 0 atom stereocenters. The minimum Gasteiger partial charge on any atom is -0.508 e. The van der Waals surface area contributed by atoms with Crippen molar-refractivity contribution in [2.75, 3.05) is 19.0 Å². The van der Waals surface area contributed by atoms with Crippen molar-refractivity contribution in [1.29, 1.82) is 0 Å². The van der Waals surface area contributed by atoms with Crippen molar-refractivity contribution in [1.82, 2.24) is 5.32 Å². The van der Waals surface area contributed by atoms with E-state index in [1.165, 1.54) is 0 Å². The van der Waals surface area contributed by atoms with Gasteiger partial charge in [-0.25, -0.2) is 4.99 Å². The smallest absolute Gasteiger partial charge is 0.289 e. The van der Waals surface area contributed by atoms with Gasteiger partial charge in [0.05, 0.1) is 10.6 Å². The standard InChI is InChI=1S/C22H25N3O2S/c1-13(2)17-12-18(14(3)10-19(17)26)23-21-20(28-22(27)24-21)11-15-6-8-16(9-7-15)25(4)5/h6-13,26H,1-5H3,(H,23,24,27)/b20-11-. The van der Waals surface area contributed by atoms with Gasteiger partial charge in [0.2, 0.25) is 0 Å². The third kappa shape index (κ3) is 4.39. The van der Waals surface area contributed by atoms with Crippen LogP contribution in [0, 0.1) is 6.92 Å². The number of hydrogen-bond acceptors (Lipinski definition) is 5. The van der Waals surface area contributed by atoms with E-state index in [4.69, 9.17) is 4.99 Å². The van der Waals surface area contributed by atoms with Gasteiger partial charge in [-0.05, 0) is 71.6 Å². The van der Waals surface area contributed by atoms with Crippen LogP contribution in [0.4, 0.5) is 16.2 Å². The first kappa shape index (κ1) is 20.0. The highest BCUT2D eigenvalue weighted by atomic mass is 32.2. The van der Waals surface area contributed by atoms with Crippen molar-refractivity contribution in [2.24, 2.45) is 4.99 Å². The fourth-order valence-corrected chi connectivity index (χ4v) is 3.67. The Hall–Kier alpha value is -2.73. The lowest BCUT2D eigenvalue weighted by molar-refractivity contribution is 0.265. The molecule has 3 rings (SSSR count). The van der Waals surface area contributed by atoms with Crippen molar-refractivity contribution in [3.8, 4) is 5.75 Å². The Morgan fingerprint density at radius 2 is 1.86 bits per heavy atom. The number of aryl methyl sites for hydroxylation is 1. The highest BCUT2D eigenvalue weighted by Gasteiger charge is 2.24. The molecular weight excluding hydrogens is 370 g/mol. The van der Waals surface area contributed by atoms with E-state index in [9.17, 15) is 9.90 Å². The number of amides is 1. The molecule has 1 heterocycles. The first-order chi connectivity index (χ1) is 13.2. The van der Waals surface area contributed by atoms with Crippen LogP contribution in [0.15, 0.2) is 46.3 Å². The van der Waals surface area contributed by atoms with E-state index in [2.05, 4.69) is 5.32 Å². The van der Waals surface area contributed by atoms with Gasteiger partial charge in [-0.2, -0.15) is 0 Å². The highest BCUT2D eigenvalue weighted by molar-refractivity contribution is 8.18. The van der Waals surface area contributed by atoms with E-state index in [0.717, 1.165) is 44.7 Å². The summed E-state index contributed by atoms with van der Waals surface area (Å²) in [4.78, 5) is 19.5. The monoisotopic (exact) mass is 395 g/mol. The molecule has 0 aliphatic carbocycles. The molecule has 0 saturated carbocycles. The Balaban J connectivity index is 1.98. The summed E-state index contributed by atoms with van der Waals surface area (Å²) in [5.74, 6) is 0.991. The molecular formula is C22H25N3O2S. The predicted molar refractivity (Wildman–Crippen MR) is 119 cm³/mol. The molecule has 146 valence electrons. The number of aromatic hydroxyl groups is 1. The minimum atomic E-state index is -0.143. The molecule has 0 spiro atoms. The first-order valence-corrected chi connectivity index (χ1v) is 9.96. The van der Waals surface area contributed by atoms with Crippen LogP contribution in [0.1, 0.15) is 36.5 Å². The molecule has 2 aromatic rings. The number of phenols is 1. The summed E-state index contributed by atoms with van der Waals surface area (Å²) >= 11 is 1.14. The van der Waals surface area contributed by atoms with Crippen LogP contribution in [-0.2, 0) is 0 Å². The largest absolute Gasteiger partial charge is 0.508 e. The van der Waals surface area contributed by atoms with Gasteiger partial charge in [-0.3, -0.25) is 4.79 Å². The van der Waals surface area contributed by atoms with E-state index < -0.39 is 0 Å². The van der Waals surface area contributed by atoms with E-state index in [1.54, 1.807) is 6.07 Å². The molecule has 28 heavy (non-hydrogen) atoms. The zero-order valence-corrected chi connectivity index (χ0v) is 17.6. The van der Waals surface area contributed by atoms with Crippen LogP contribution in [0.25, 0.3) is 6.08 Å². The van der Waals surface area contributed by atoms with Gasteiger partial charge in [0.1, 0.15) is 11.6 Å². The highest BCUT2D eigenvalue weighted by Crippen LogP contribution is 2.34. The Bertz CT molecular complexity index is 960. The summed E-state index contributed by atoms with van der Waals surface area (Å²) in [5, 5.41) is 12.8. The second-order valence-electron chi connectivity index (χ2n) is 7.32. The summed E-state index contributed by atoms with van der Waals surface area (Å²) < 4.78 is 0. The Morgan fingerprint density at radius 1 is 1.18 bits per heavy atom. The normalized spacial score (nSPS) is 16.9. The number of carbonyl (C=O) groups is 1. The summed E-state index contributed by atoms with van der Waals surface area (Å²) in [6.45, 7) is 5.95. The number of hydrogen-bond donors (Lipinski definition) is 2.